The van der Waals surface area contributed by atoms with Crippen LogP contribution in [0.15, 0.2) is 48.5 Å². The molecule has 0 spiro atoms. The van der Waals surface area contributed by atoms with E-state index in [9.17, 15) is 9.90 Å². The van der Waals surface area contributed by atoms with E-state index < -0.39 is 6.10 Å². The normalized spacial score (nSPS) is 11.8. The van der Waals surface area contributed by atoms with E-state index in [0.29, 0.717) is 5.75 Å². The number of hydrogen-bond donors (Lipinski definition) is 2. The number of amides is 1. The van der Waals surface area contributed by atoms with Crippen molar-refractivity contribution >= 4 is 11.6 Å². The summed E-state index contributed by atoms with van der Waals surface area (Å²) in [4.78, 5) is 11.8. The van der Waals surface area contributed by atoms with Crippen LogP contribution < -0.4 is 10.1 Å². The zero-order valence-electron chi connectivity index (χ0n) is 12.2. The Bertz CT molecular complexity index is 606. The monoisotopic (exact) mass is 285 g/mol. The van der Waals surface area contributed by atoms with E-state index in [4.69, 9.17) is 4.74 Å². The lowest BCUT2D eigenvalue weighted by Gasteiger charge is -2.09. The molecule has 110 valence electrons. The standard InChI is InChI=1S/C17H19NO3/c1-12-4-3-5-15(10-12)18-17(20)11-21-16-8-6-14(7-9-16)13(2)19/h3-10,13,19H,11H2,1-2H3,(H,18,20)/t13-/m1/s1. The molecule has 0 fully saturated rings. The third-order valence-corrected chi connectivity index (χ3v) is 3.03. The Balaban J connectivity index is 1.86. The molecule has 4 nitrogen and oxygen atoms in total. The minimum atomic E-state index is -0.510. The smallest absolute Gasteiger partial charge is 0.262 e. The summed E-state index contributed by atoms with van der Waals surface area (Å²) >= 11 is 0. The number of rotatable bonds is 5. The van der Waals surface area contributed by atoms with Crippen LogP contribution in [0.25, 0.3) is 0 Å². The second kappa shape index (κ2) is 6.90. The zero-order chi connectivity index (χ0) is 15.2. The first-order valence-electron chi connectivity index (χ1n) is 6.82. The molecule has 2 aromatic carbocycles. The number of ether oxygens (including phenoxy) is 1. The molecular weight excluding hydrogens is 266 g/mol. The fraction of sp³-hybridized carbons (Fsp3) is 0.235. The van der Waals surface area contributed by atoms with E-state index in [1.54, 1.807) is 31.2 Å². The molecule has 0 aliphatic carbocycles. The molecule has 21 heavy (non-hydrogen) atoms. The van der Waals surface area contributed by atoms with Crippen molar-refractivity contribution in [1.29, 1.82) is 0 Å². The van der Waals surface area contributed by atoms with Crippen LogP contribution in [0.1, 0.15) is 24.2 Å². The summed E-state index contributed by atoms with van der Waals surface area (Å²) in [6.07, 6.45) is -0.510. The summed E-state index contributed by atoms with van der Waals surface area (Å²) in [5, 5.41) is 12.2. The van der Waals surface area contributed by atoms with Crippen molar-refractivity contribution in [2.45, 2.75) is 20.0 Å². The quantitative estimate of drug-likeness (QED) is 0.887. The van der Waals surface area contributed by atoms with Gasteiger partial charge in [0.05, 0.1) is 6.10 Å². The lowest BCUT2D eigenvalue weighted by Crippen LogP contribution is -2.20. The van der Waals surface area contributed by atoms with Crippen LogP contribution in [0.2, 0.25) is 0 Å². The summed E-state index contributed by atoms with van der Waals surface area (Å²) < 4.78 is 5.41. The van der Waals surface area contributed by atoms with Crippen LogP contribution in [0.3, 0.4) is 0 Å². The molecule has 2 aromatic rings. The van der Waals surface area contributed by atoms with Crippen LogP contribution in [-0.4, -0.2) is 17.6 Å². The predicted molar refractivity (Wildman–Crippen MR) is 82.4 cm³/mol. The second-order valence-electron chi connectivity index (χ2n) is 4.95. The molecule has 0 saturated heterocycles. The highest BCUT2D eigenvalue weighted by Gasteiger charge is 2.05. The molecule has 0 aliphatic heterocycles. The molecular formula is C17H19NO3. The summed E-state index contributed by atoms with van der Waals surface area (Å²) in [7, 11) is 0. The van der Waals surface area contributed by atoms with E-state index in [-0.39, 0.29) is 12.5 Å². The van der Waals surface area contributed by atoms with Gasteiger partial charge in [0.15, 0.2) is 6.61 Å². The van der Waals surface area contributed by atoms with Gasteiger partial charge >= 0.3 is 0 Å². The third-order valence-electron chi connectivity index (χ3n) is 3.03. The average molecular weight is 285 g/mol. The Hall–Kier alpha value is -2.33. The van der Waals surface area contributed by atoms with Gasteiger partial charge in [0.25, 0.3) is 5.91 Å². The first-order chi connectivity index (χ1) is 10.0. The lowest BCUT2D eigenvalue weighted by atomic mass is 10.1. The Morgan fingerprint density at radius 2 is 1.95 bits per heavy atom. The molecule has 2 rings (SSSR count). The summed E-state index contributed by atoms with van der Waals surface area (Å²) in [6.45, 7) is 3.61. The Labute approximate surface area is 124 Å². The number of aryl methyl sites for hydroxylation is 1. The number of benzene rings is 2. The number of anilines is 1. The maximum absolute atomic E-state index is 11.8. The van der Waals surface area contributed by atoms with Gasteiger partial charge in [-0.3, -0.25) is 4.79 Å². The van der Waals surface area contributed by atoms with E-state index in [1.807, 2.05) is 31.2 Å². The lowest BCUT2D eigenvalue weighted by molar-refractivity contribution is -0.118. The van der Waals surface area contributed by atoms with Crippen LogP contribution in [0.5, 0.6) is 5.75 Å². The van der Waals surface area contributed by atoms with Gasteiger partial charge in [0, 0.05) is 5.69 Å². The average Bonchev–Trinajstić information content (AvgIpc) is 2.45. The third kappa shape index (κ3) is 4.61. The van der Waals surface area contributed by atoms with Crippen molar-refractivity contribution in [1.82, 2.24) is 0 Å². The van der Waals surface area contributed by atoms with E-state index in [2.05, 4.69) is 5.32 Å². The van der Waals surface area contributed by atoms with Gasteiger partial charge in [0.2, 0.25) is 0 Å². The van der Waals surface area contributed by atoms with Crippen LogP contribution in [0, 0.1) is 6.92 Å². The highest BCUT2D eigenvalue weighted by Crippen LogP contribution is 2.17. The van der Waals surface area contributed by atoms with Gasteiger partial charge in [-0.2, -0.15) is 0 Å². The van der Waals surface area contributed by atoms with Gasteiger partial charge < -0.3 is 15.2 Å². The van der Waals surface area contributed by atoms with Gasteiger partial charge in [-0.05, 0) is 49.2 Å². The molecule has 4 heteroatoms. The minimum absolute atomic E-state index is 0.0536. The molecule has 0 heterocycles. The summed E-state index contributed by atoms with van der Waals surface area (Å²) in [5.74, 6) is 0.388. The molecule has 0 aromatic heterocycles. The molecule has 0 saturated carbocycles. The molecule has 0 aliphatic rings. The zero-order valence-corrected chi connectivity index (χ0v) is 12.2. The van der Waals surface area contributed by atoms with E-state index in [1.165, 1.54) is 0 Å². The maximum atomic E-state index is 11.8. The molecule has 0 unspecified atom stereocenters. The van der Waals surface area contributed by atoms with E-state index >= 15 is 0 Å². The fourth-order valence-electron chi connectivity index (χ4n) is 1.91. The summed E-state index contributed by atoms with van der Waals surface area (Å²) in [5.41, 5.74) is 2.65. The largest absolute Gasteiger partial charge is 0.484 e. The number of aliphatic hydroxyl groups is 1. The van der Waals surface area contributed by atoms with Gasteiger partial charge in [0.1, 0.15) is 5.75 Å². The van der Waals surface area contributed by atoms with Gasteiger partial charge in [-0.15, -0.1) is 0 Å². The number of nitrogens with one attached hydrogen (secondary N) is 1. The van der Waals surface area contributed by atoms with Crippen LogP contribution >= 0.6 is 0 Å². The molecule has 2 N–H and O–H groups in total. The summed E-state index contributed by atoms with van der Waals surface area (Å²) in [6, 6.07) is 14.6. The van der Waals surface area contributed by atoms with Crippen molar-refractivity contribution in [2.24, 2.45) is 0 Å². The number of carbonyl (C=O) groups excluding carboxylic acids is 1. The van der Waals surface area contributed by atoms with Gasteiger partial charge in [-0.1, -0.05) is 24.3 Å². The Kier molecular flexibility index (Phi) is 4.95. The Morgan fingerprint density at radius 3 is 2.57 bits per heavy atom. The molecule has 1 amide bonds. The van der Waals surface area contributed by atoms with Crippen molar-refractivity contribution in [2.75, 3.05) is 11.9 Å². The number of hydrogen-bond acceptors (Lipinski definition) is 3. The van der Waals surface area contributed by atoms with E-state index in [0.717, 1.165) is 16.8 Å². The van der Waals surface area contributed by atoms with Crippen molar-refractivity contribution in [3.05, 3.63) is 59.7 Å². The number of aliphatic hydroxyl groups excluding tert-OH is 1. The Morgan fingerprint density at radius 1 is 1.24 bits per heavy atom. The maximum Gasteiger partial charge on any atom is 0.262 e. The SMILES string of the molecule is Cc1cccc(NC(=O)COc2ccc([C@@H](C)O)cc2)c1. The minimum Gasteiger partial charge on any atom is -0.484 e. The van der Waals surface area contributed by atoms with Crippen LogP contribution in [0.4, 0.5) is 5.69 Å². The predicted octanol–water partition coefficient (Wildman–Crippen LogP) is 3.07. The topological polar surface area (TPSA) is 58.6 Å². The highest BCUT2D eigenvalue weighted by molar-refractivity contribution is 5.91. The van der Waals surface area contributed by atoms with Crippen molar-refractivity contribution in [3.8, 4) is 5.75 Å². The molecule has 0 radical (unpaired) electrons. The second-order valence-corrected chi connectivity index (χ2v) is 4.95. The molecule has 0 bridgehead atoms. The molecule has 1 atom stereocenters. The fourth-order valence-corrected chi connectivity index (χ4v) is 1.91. The van der Waals surface area contributed by atoms with Crippen molar-refractivity contribution in [3.63, 3.8) is 0 Å². The highest BCUT2D eigenvalue weighted by atomic mass is 16.5. The van der Waals surface area contributed by atoms with Gasteiger partial charge in [-0.25, -0.2) is 0 Å². The van der Waals surface area contributed by atoms with Crippen molar-refractivity contribution < 1.29 is 14.6 Å². The first kappa shape index (κ1) is 15.1. The first-order valence-corrected chi connectivity index (χ1v) is 6.82. The number of carbonyl (C=O) groups is 1. The van der Waals surface area contributed by atoms with Crippen LogP contribution in [-0.2, 0) is 4.79 Å².